The lowest BCUT2D eigenvalue weighted by molar-refractivity contribution is 0.355. The van der Waals surface area contributed by atoms with Crippen LogP contribution in [-0.4, -0.2) is 32.6 Å². The van der Waals surface area contributed by atoms with E-state index in [1.807, 2.05) is 18.7 Å². The van der Waals surface area contributed by atoms with Crippen LogP contribution in [0.5, 0.6) is 0 Å². The third-order valence-corrected chi connectivity index (χ3v) is 7.43. The zero-order valence-corrected chi connectivity index (χ0v) is 23.2. The minimum absolute atomic E-state index is 0.118. The van der Waals surface area contributed by atoms with Gasteiger partial charge < -0.3 is 10.6 Å². The van der Waals surface area contributed by atoms with Crippen molar-refractivity contribution in [2.75, 3.05) is 23.7 Å². The zero-order chi connectivity index (χ0) is 29.9. The predicted octanol–water partition coefficient (Wildman–Crippen LogP) is 6.03. The number of pyridine rings is 2. The molecule has 0 saturated carbocycles. The van der Waals surface area contributed by atoms with Crippen molar-refractivity contribution in [2.24, 2.45) is 11.8 Å². The Morgan fingerprint density at radius 2 is 1.61 bits per heavy atom. The molecule has 216 valence electrons. The maximum absolute atomic E-state index is 15.8. The average molecular weight is 573 g/mol. The van der Waals surface area contributed by atoms with E-state index in [0.29, 0.717) is 30.0 Å². The highest BCUT2D eigenvalue weighted by Crippen LogP contribution is 2.38. The fraction of sp³-hybridized carbons (Fsp3) is 0.379. The van der Waals surface area contributed by atoms with E-state index in [1.165, 1.54) is 0 Å². The maximum Gasteiger partial charge on any atom is 0.355 e. The molecule has 2 atom stereocenters. The molecule has 2 N–H and O–H groups in total. The molecular formula is C29H29F5N6O. The molecule has 0 aliphatic carbocycles. The summed E-state index contributed by atoms with van der Waals surface area (Å²) < 4.78 is 74.5. The normalized spacial score (nSPS) is 17.6. The number of hydrogen-bond donors (Lipinski definition) is 1. The summed E-state index contributed by atoms with van der Waals surface area (Å²) in [5.41, 5.74) is 3.05. The van der Waals surface area contributed by atoms with Crippen LogP contribution in [0.3, 0.4) is 0 Å². The number of nitrogens with two attached hydrogens (primary N) is 1. The summed E-state index contributed by atoms with van der Waals surface area (Å²) in [6.45, 7) is 10.7. The Balaban J connectivity index is 1.93. The number of aryl methyl sites for hydroxylation is 1. The van der Waals surface area contributed by atoms with Crippen molar-refractivity contribution in [1.82, 2.24) is 19.5 Å². The number of benzene rings is 1. The van der Waals surface area contributed by atoms with Gasteiger partial charge in [-0.05, 0) is 48.8 Å². The van der Waals surface area contributed by atoms with Gasteiger partial charge in [0.1, 0.15) is 11.5 Å². The second kappa shape index (κ2) is 10.4. The molecular weight excluding hydrogens is 543 g/mol. The Morgan fingerprint density at radius 3 is 2.24 bits per heavy atom. The Morgan fingerprint density at radius 1 is 0.976 bits per heavy atom. The van der Waals surface area contributed by atoms with Crippen molar-refractivity contribution in [1.29, 1.82) is 0 Å². The molecule has 3 aromatic heterocycles. The summed E-state index contributed by atoms with van der Waals surface area (Å²) in [6, 6.07) is 2.66. The minimum Gasteiger partial charge on any atom is -0.396 e. The Kier molecular flexibility index (Phi) is 7.20. The van der Waals surface area contributed by atoms with Crippen molar-refractivity contribution in [2.45, 2.75) is 47.0 Å². The molecule has 4 aromatic rings. The van der Waals surface area contributed by atoms with Crippen LogP contribution < -0.4 is 16.3 Å². The number of nitrogens with zero attached hydrogens (tertiary/aromatic N) is 5. The fourth-order valence-corrected chi connectivity index (χ4v) is 5.72. The summed E-state index contributed by atoms with van der Waals surface area (Å²) in [6.07, 6.45) is 2.54. The molecule has 0 radical (unpaired) electrons. The number of aromatic nitrogens is 4. The van der Waals surface area contributed by atoms with Gasteiger partial charge in [-0.2, -0.15) is 4.98 Å². The lowest BCUT2D eigenvalue weighted by Gasteiger charge is -2.36. The molecule has 5 rings (SSSR count). The van der Waals surface area contributed by atoms with Gasteiger partial charge in [0.05, 0.1) is 28.0 Å². The van der Waals surface area contributed by atoms with E-state index in [-0.39, 0.29) is 34.6 Å². The first-order valence-corrected chi connectivity index (χ1v) is 13.3. The SMILES string of the molecule is Cc1ccnc(C(C)C)c1-n1c(=O)nc(N2C[C@H](C)C[C@H](C)C2)c2cc(F)c(-c3c(N)c(F)c(F)c(F)c3F)nc21. The van der Waals surface area contributed by atoms with Gasteiger partial charge in [-0.1, -0.05) is 27.7 Å². The summed E-state index contributed by atoms with van der Waals surface area (Å²) in [5.74, 6) is -8.75. The molecule has 12 heteroatoms. The van der Waals surface area contributed by atoms with Gasteiger partial charge in [0, 0.05) is 19.3 Å². The Hall–Kier alpha value is -4.09. The molecule has 41 heavy (non-hydrogen) atoms. The number of hydrogen-bond acceptors (Lipinski definition) is 6. The molecule has 1 aliphatic rings. The Bertz CT molecular complexity index is 1720. The third kappa shape index (κ3) is 4.68. The van der Waals surface area contributed by atoms with Crippen LogP contribution in [0.1, 0.15) is 51.3 Å². The van der Waals surface area contributed by atoms with Crippen molar-refractivity contribution in [3.8, 4) is 16.9 Å². The van der Waals surface area contributed by atoms with Crippen LogP contribution >= 0.6 is 0 Å². The van der Waals surface area contributed by atoms with Crippen molar-refractivity contribution in [3.63, 3.8) is 0 Å². The minimum atomic E-state index is -2.16. The van der Waals surface area contributed by atoms with E-state index in [0.717, 1.165) is 17.1 Å². The van der Waals surface area contributed by atoms with E-state index in [1.54, 1.807) is 19.2 Å². The lowest BCUT2D eigenvalue weighted by atomic mass is 9.92. The van der Waals surface area contributed by atoms with Crippen molar-refractivity contribution >= 4 is 22.5 Å². The summed E-state index contributed by atoms with van der Waals surface area (Å²) in [4.78, 5) is 28.7. The van der Waals surface area contributed by atoms with Crippen molar-refractivity contribution in [3.05, 3.63) is 69.2 Å². The van der Waals surface area contributed by atoms with Crippen LogP contribution in [0, 0.1) is 47.8 Å². The quantitative estimate of drug-likeness (QED) is 0.139. The van der Waals surface area contributed by atoms with Crippen LogP contribution in [0.15, 0.2) is 23.1 Å². The number of nitrogen functional groups attached to an aromatic ring is 1. The van der Waals surface area contributed by atoms with Gasteiger partial charge in [-0.15, -0.1) is 0 Å². The smallest absolute Gasteiger partial charge is 0.355 e. The molecule has 1 fully saturated rings. The summed E-state index contributed by atoms with van der Waals surface area (Å²) in [7, 11) is 0. The number of rotatable bonds is 4. The second-order valence-corrected chi connectivity index (χ2v) is 11.2. The molecule has 1 aromatic carbocycles. The van der Waals surface area contributed by atoms with Gasteiger partial charge in [0.2, 0.25) is 0 Å². The first-order chi connectivity index (χ1) is 19.3. The van der Waals surface area contributed by atoms with E-state index in [4.69, 9.17) is 5.73 Å². The van der Waals surface area contributed by atoms with Crippen LogP contribution in [-0.2, 0) is 0 Å². The predicted molar refractivity (Wildman–Crippen MR) is 147 cm³/mol. The number of piperidine rings is 1. The van der Waals surface area contributed by atoms with E-state index >= 15 is 4.39 Å². The molecule has 0 bridgehead atoms. The first kappa shape index (κ1) is 28.4. The lowest BCUT2D eigenvalue weighted by Crippen LogP contribution is -2.41. The topological polar surface area (TPSA) is 89.9 Å². The molecule has 1 aliphatic heterocycles. The molecule has 0 unspecified atom stereocenters. The summed E-state index contributed by atoms with van der Waals surface area (Å²) >= 11 is 0. The highest BCUT2D eigenvalue weighted by atomic mass is 19.2. The van der Waals surface area contributed by atoms with Gasteiger partial charge in [-0.25, -0.2) is 36.3 Å². The van der Waals surface area contributed by atoms with Gasteiger partial charge in [0.25, 0.3) is 0 Å². The number of fused-ring (bicyclic) bond motifs is 1. The highest BCUT2D eigenvalue weighted by molar-refractivity contribution is 5.91. The van der Waals surface area contributed by atoms with Crippen LogP contribution in [0.4, 0.5) is 33.5 Å². The highest BCUT2D eigenvalue weighted by Gasteiger charge is 2.31. The molecule has 0 spiro atoms. The summed E-state index contributed by atoms with van der Waals surface area (Å²) in [5, 5.41) is 0.118. The largest absolute Gasteiger partial charge is 0.396 e. The van der Waals surface area contributed by atoms with Gasteiger partial charge in [-0.3, -0.25) is 4.98 Å². The van der Waals surface area contributed by atoms with E-state index in [2.05, 4.69) is 28.8 Å². The van der Waals surface area contributed by atoms with E-state index < -0.39 is 51.7 Å². The molecule has 1 saturated heterocycles. The molecule has 0 amide bonds. The zero-order valence-electron chi connectivity index (χ0n) is 23.2. The third-order valence-electron chi connectivity index (χ3n) is 7.43. The molecule has 4 heterocycles. The second-order valence-electron chi connectivity index (χ2n) is 11.2. The number of anilines is 2. The van der Waals surface area contributed by atoms with Gasteiger partial charge in [0.15, 0.2) is 34.7 Å². The Labute approximate surface area is 232 Å². The average Bonchev–Trinajstić information content (AvgIpc) is 2.91. The van der Waals surface area contributed by atoms with Crippen LogP contribution in [0.25, 0.3) is 28.0 Å². The van der Waals surface area contributed by atoms with Gasteiger partial charge >= 0.3 is 5.69 Å². The molecule has 7 nitrogen and oxygen atoms in total. The van der Waals surface area contributed by atoms with Crippen LogP contribution in [0.2, 0.25) is 0 Å². The van der Waals surface area contributed by atoms with Crippen molar-refractivity contribution < 1.29 is 22.0 Å². The first-order valence-electron chi connectivity index (χ1n) is 13.3. The maximum atomic E-state index is 15.8. The standard InChI is InChI=1S/C29H29F5N6O/c1-12(2)24-26(15(5)6-7-36-24)40-28-16(27(38-29(40)41)39-10-13(3)8-14(4)11-39)9-17(30)25(37-28)18-19(31)20(32)21(33)22(34)23(18)35/h6-7,9,12-14H,8,10-11,35H2,1-5H3/t13-,14+. The monoisotopic (exact) mass is 572 g/mol. The van der Waals surface area contributed by atoms with E-state index in [9.17, 15) is 22.4 Å². The number of halogens is 5. The fourth-order valence-electron chi connectivity index (χ4n) is 5.72.